The molecule has 2 aromatic carbocycles. The first-order chi connectivity index (χ1) is 7.86. The maximum Gasteiger partial charge on any atom is 0.0585 e. The van der Waals surface area contributed by atoms with Crippen molar-refractivity contribution in [1.29, 1.82) is 0 Å². The van der Waals surface area contributed by atoms with Crippen molar-refractivity contribution in [3.63, 3.8) is 0 Å². The Morgan fingerprint density at radius 2 is 1.50 bits per heavy atom. The zero-order valence-electron chi connectivity index (χ0n) is 8.68. The summed E-state index contributed by atoms with van der Waals surface area (Å²) >= 11 is 1.75. The number of benzene rings is 2. The molecule has 0 amide bonds. The van der Waals surface area contributed by atoms with Crippen LogP contribution in [0.1, 0.15) is 0 Å². The van der Waals surface area contributed by atoms with E-state index in [0.29, 0.717) is 0 Å². The predicted octanol–water partition coefficient (Wildman–Crippen LogP) is 4.15. The van der Waals surface area contributed by atoms with Crippen molar-refractivity contribution in [2.24, 2.45) is 0 Å². The van der Waals surface area contributed by atoms with Crippen LogP contribution in [0, 0.1) is 0 Å². The molecule has 0 bridgehead atoms. The molecule has 0 fully saturated rings. The molecular formula is C14H11NS. The number of nitrogens with two attached hydrogens (primary N) is 1. The molecule has 1 heterocycles. The summed E-state index contributed by atoms with van der Waals surface area (Å²) in [5, 5.41) is 1.16. The first kappa shape index (κ1) is 9.43. The van der Waals surface area contributed by atoms with Gasteiger partial charge in [-0.1, -0.05) is 48.5 Å². The quantitative estimate of drug-likeness (QED) is 0.661. The van der Waals surface area contributed by atoms with Crippen LogP contribution in [0.5, 0.6) is 0 Å². The van der Waals surface area contributed by atoms with Crippen LogP contribution in [0.2, 0.25) is 0 Å². The van der Waals surface area contributed by atoms with Crippen molar-refractivity contribution in [1.82, 2.24) is 0 Å². The second kappa shape index (κ2) is 3.65. The number of nitrogen functional groups attached to an aromatic ring is 1. The molecule has 1 aromatic heterocycles. The summed E-state index contributed by atoms with van der Waals surface area (Å²) in [4.78, 5) is 1.17. The molecule has 2 N–H and O–H groups in total. The lowest BCUT2D eigenvalue weighted by Gasteiger charge is -1.98. The zero-order valence-corrected chi connectivity index (χ0v) is 9.50. The Balaban J connectivity index is 2.29. The Kier molecular flexibility index (Phi) is 2.15. The lowest BCUT2D eigenvalue weighted by Crippen LogP contribution is -1.84. The first-order valence-corrected chi connectivity index (χ1v) is 6.00. The maximum atomic E-state index is 6.18. The third-order valence-corrected chi connectivity index (χ3v) is 3.91. The lowest BCUT2D eigenvalue weighted by atomic mass is 10.1. The molecule has 0 saturated heterocycles. The Hall–Kier alpha value is -1.80. The molecule has 3 rings (SSSR count). The van der Waals surface area contributed by atoms with Crippen LogP contribution >= 0.6 is 11.3 Å². The van der Waals surface area contributed by atoms with Gasteiger partial charge in [0.25, 0.3) is 0 Å². The minimum absolute atomic E-state index is 0.895. The third kappa shape index (κ3) is 1.39. The summed E-state index contributed by atoms with van der Waals surface area (Å²) in [5.74, 6) is 0. The molecule has 0 aliphatic rings. The van der Waals surface area contributed by atoms with Crippen molar-refractivity contribution < 1.29 is 0 Å². The van der Waals surface area contributed by atoms with E-state index in [1.165, 1.54) is 15.1 Å². The summed E-state index contributed by atoms with van der Waals surface area (Å²) < 4.78 is 1.25. The fourth-order valence-electron chi connectivity index (χ4n) is 1.87. The molecule has 0 aliphatic heterocycles. The fourth-order valence-corrected chi connectivity index (χ4v) is 3.00. The van der Waals surface area contributed by atoms with Gasteiger partial charge in [0, 0.05) is 10.1 Å². The van der Waals surface area contributed by atoms with Gasteiger partial charge in [0.2, 0.25) is 0 Å². The summed E-state index contributed by atoms with van der Waals surface area (Å²) in [6.07, 6.45) is 0. The number of hydrogen-bond acceptors (Lipinski definition) is 2. The predicted molar refractivity (Wildman–Crippen MR) is 71.7 cm³/mol. The lowest BCUT2D eigenvalue weighted by molar-refractivity contribution is 1.70. The molecule has 78 valence electrons. The standard InChI is InChI=1S/C14H11NS/c15-13-11-8-4-5-9-12(11)16-14(13)10-6-2-1-3-7-10/h1-9H,15H2. The van der Waals surface area contributed by atoms with Gasteiger partial charge in [-0.2, -0.15) is 0 Å². The van der Waals surface area contributed by atoms with E-state index in [-0.39, 0.29) is 0 Å². The van der Waals surface area contributed by atoms with Gasteiger partial charge in [-0.25, -0.2) is 0 Å². The highest BCUT2D eigenvalue weighted by atomic mass is 32.1. The molecule has 16 heavy (non-hydrogen) atoms. The van der Waals surface area contributed by atoms with Crippen LogP contribution in [0.3, 0.4) is 0 Å². The summed E-state index contributed by atoms with van der Waals surface area (Å²) in [6, 6.07) is 18.6. The Morgan fingerprint density at radius 1 is 0.812 bits per heavy atom. The van der Waals surface area contributed by atoms with Gasteiger partial charge in [-0.3, -0.25) is 0 Å². The number of fused-ring (bicyclic) bond motifs is 1. The van der Waals surface area contributed by atoms with Crippen LogP contribution in [0.25, 0.3) is 20.5 Å². The molecule has 3 aromatic rings. The summed E-state index contributed by atoms with van der Waals surface area (Å²) in [7, 11) is 0. The highest BCUT2D eigenvalue weighted by molar-refractivity contribution is 7.23. The maximum absolute atomic E-state index is 6.18. The van der Waals surface area contributed by atoms with E-state index in [2.05, 4.69) is 24.3 Å². The van der Waals surface area contributed by atoms with E-state index >= 15 is 0 Å². The van der Waals surface area contributed by atoms with E-state index < -0.39 is 0 Å². The third-order valence-electron chi connectivity index (χ3n) is 2.67. The molecule has 0 spiro atoms. The van der Waals surface area contributed by atoms with Crippen LogP contribution in [0.15, 0.2) is 54.6 Å². The Morgan fingerprint density at radius 3 is 2.25 bits per heavy atom. The summed E-state index contributed by atoms with van der Waals surface area (Å²) in [5.41, 5.74) is 8.27. The largest absolute Gasteiger partial charge is 0.397 e. The monoisotopic (exact) mass is 225 g/mol. The second-order valence-electron chi connectivity index (χ2n) is 3.71. The molecule has 0 aliphatic carbocycles. The molecule has 2 heteroatoms. The van der Waals surface area contributed by atoms with E-state index in [1.54, 1.807) is 11.3 Å². The average molecular weight is 225 g/mol. The van der Waals surface area contributed by atoms with E-state index in [1.807, 2.05) is 30.3 Å². The van der Waals surface area contributed by atoms with Crippen LogP contribution in [-0.4, -0.2) is 0 Å². The average Bonchev–Trinajstić information content (AvgIpc) is 2.69. The highest BCUT2D eigenvalue weighted by Crippen LogP contribution is 2.40. The van der Waals surface area contributed by atoms with Gasteiger partial charge in [-0.15, -0.1) is 11.3 Å². The molecule has 1 nitrogen and oxygen atoms in total. The Labute approximate surface area is 98.2 Å². The van der Waals surface area contributed by atoms with Crippen LogP contribution < -0.4 is 5.73 Å². The van der Waals surface area contributed by atoms with Crippen molar-refractivity contribution >= 4 is 27.1 Å². The SMILES string of the molecule is Nc1c(-c2ccccc2)sc2ccccc12. The van der Waals surface area contributed by atoms with Gasteiger partial charge in [0.05, 0.1) is 10.6 Å². The van der Waals surface area contributed by atoms with Crippen molar-refractivity contribution in [3.8, 4) is 10.4 Å². The Bertz CT molecular complexity index is 626. The normalized spacial score (nSPS) is 10.8. The van der Waals surface area contributed by atoms with Crippen LogP contribution in [-0.2, 0) is 0 Å². The van der Waals surface area contributed by atoms with Crippen LogP contribution in [0.4, 0.5) is 5.69 Å². The van der Waals surface area contributed by atoms with E-state index in [9.17, 15) is 0 Å². The zero-order chi connectivity index (χ0) is 11.0. The first-order valence-electron chi connectivity index (χ1n) is 5.18. The van der Waals surface area contributed by atoms with Crippen molar-refractivity contribution in [3.05, 3.63) is 54.6 Å². The molecule has 0 unspecified atom stereocenters. The van der Waals surface area contributed by atoms with Crippen molar-refractivity contribution in [2.75, 3.05) is 5.73 Å². The van der Waals surface area contributed by atoms with Gasteiger partial charge in [-0.05, 0) is 11.6 Å². The van der Waals surface area contributed by atoms with Gasteiger partial charge in [0.15, 0.2) is 0 Å². The highest BCUT2D eigenvalue weighted by Gasteiger charge is 2.09. The second-order valence-corrected chi connectivity index (χ2v) is 4.76. The summed E-state index contributed by atoms with van der Waals surface area (Å²) in [6.45, 7) is 0. The molecule has 0 saturated carbocycles. The van der Waals surface area contributed by atoms with E-state index in [0.717, 1.165) is 11.1 Å². The van der Waals surface area contributed by atoms with Gasteiger partial charge in [0.1, 0.15) is 0 Å². The smallest absolute Gasteiger partial charge is 0.0585 e. The van der Waals surface area contributed by atoms with Gasteiger partial charge < -0.3 is 5.73 Å². The number of thiophene rings is 1. The molecular weight excluding hydrogens is 214 g/mol. The topological polar surface area (TPSA) is 26.0 Å². The number of hydrogen-bond donors (Lipinski definition) is 1. The fraction of sp³-hybridized carbons (Fsp3) is 0. The van der Waals surface area contributed by atoms with E-state index in [4.69, 9.17) is 5.73 Å². The number of rotatable bonds is 1. The number of anilines is 1. The minimum atomic E-state index is 0.895. The minimum Gasteiger partial charge on any atom is -0.397 e. The molecule has 0 atom stereocenters. The molecule has 0 radical (unpaired) electrons. The van der Waals surface area contributed by atoms with Crippen molar-refractivity contribution in [2.45, 2.75) is 0 Å². The van der Waals surface area contributed by atoms with Gasteiger partial charge >= 0.3 is 0 Å².